The second kappa shape index (κ2) is 7.30. The van der Waals surface area contributed by atoms with Crippen molar-refractivity contribution >= 4 is 11.8 Å². The number of benzene rings is 1. The lowest BCUT2D eigenvalue weighted by Crippen LogP contribution is -2.51. The van der Waals surface area contributed by atoms with E-state index in [0.717, 1.165) is 12.8 Å². The summed E-state index contributed by atoms with van der Waals surface area (Å²) in [5.41, 5.74) is 6.75. The van der Waals surface area contributed by atoms with Crippen LogP contribution >= 0.6 is 0 Å². The van der Waals surface area contributed by atoms with Gasteiger partial charge in [-0.15, -0.1) is 0 Å². The molecule has 1 aliphatic carbocycles. The lowest BCUT2D eigenvalue weighted by Gasteiger charge is -2.37. The minimum Gasteiger partial charge on any atom is -0.491 e. The van der Waals surface area contributed by atoms with Gasteiger partial charge in [0, 0.05) is 22.7 Å². The molecule has 7 heteroatoms. The molecule has 1 amide bonds. The molecule has 1 aromatic carbocycles. The number of rotatable bonds is 6. The summed E-state index contributed by atoms with van der Waals surface area (Å²) in [6.07, 6.45) is 2.05. The second-order valence-electron chi connectivity index (χ2n) is 8.53. The fourth-order valence-electron chi connectivity index (χ4n) is 3.69. The Labute approximate surface area is 163 Å². The third kappa shape index (κ3) is 4.35. The van der Waals surface area contributed by atoms with E-state index >= 15 is 0 Å². The number of nitrogens with one attached hydrogen (secondary N) is 1. The van der Waals surface area contributed by atoms with E-state index in [1.165, 1.54) is 6.20 Å². The number of halogens is 1. The number of pyridine rings is 1. The predicted octanol–water partition coefficient (Wildman–Crippen LogP) is 4.31. The normalized spacial score (nSPS) is 16.3. The molecule has 1 fully saturated rings. The SMILES string of the molecule is CC(C)(C)C(NC(=O)O)C1(COc2cnc(F)c(-c3ccc(N)cc3)c2)CC1. The number of nitrogens with two attached hydrogens (primary N) is 1. The van der Waals surface area contributed by atoms with Crippen molar-refractivity contribution in [1.29, 1.82) is 0 Å². The van der Waals surface area contributed by atoms with Crippen LogP contribution in [0, 0.1) is 16.8 Å². The van der Waals surface area contributed by atoms with E-state index in [0.29, 0.717) is 29.2 Å². The van der Waals surface area contributed by atoms with Crippen molar-refractivity contribution in [3.8, 4) is 16.9 Å². The molecule has 6 nitrogen and oxygen atoms in total. The van der Waals surface area contributed by atoms with Gasteiger partial charge in [0.2, 0.25) is 5.95 Å². The first-order valence-electron chi connectivity index (χ1n) is 9.24. The molecule has 0 bridgehead atoms. The zero-order valence-electron chi connectivity index (χ0n) is 16.3. The van der Waals surface area contributed by atoms with Crippen molar-refractivity contribution in [2.75, 3.05) is 12.3 Å². The van der Waals surface area contributed by atoms with Crippen molar-refractivity contribution in [2.24, 2.45) is 10.8 Å². The van der Waals surface area contributed by atoms with Crippen LogP contribution in [-0.2, 0) is 0 Å². The molecule has 1 atom stereocenters. The summed E-state index contributed by atoms with van der Waals surface area (Å²) < 4.78 is 20.1. The summed E-state index contributed by atoms with van der Waals surface area (Å²) in [6, 6.07) is 8.23. The van der Waals surface area contributed by atoms with E-state index in [4.69, 9.17) is 10.5 Å². The highest BCUT2D eigenvalue weighted by Gasteiger charge is 2.54. The average molecular weight is 387 g/mol. The van der Waals surface area contributed by atoms with Crippen LogP contribution in [0.1, 0.15) is 33.6 Å². The minimum atomic E-state index is -1.04. The van der Waals surface area contributed by atoms with Crippen LogP contribution in [0.15, 0.2) is 36.5 Å². The maximum Gasteiger partial charge on any atom is 0.404 e. The van der Waals surface area contributed by atoms with Crippen LogP contribution in [0.2, 0.25) is 0 Å². The minimum absolute atomic E-state index is 0.248. The maximum atomic E-state index is 14.2. The summed E-state index contributed by atoms with van der Waals surface area (Å²) in [6.45, 7) is 6.36. The zero-order valence-corrected chi connectivity index (χ0v) is 16.3. The van der Waals surface area contributed by atoms with Crippen LogP contribution in [0.3, 0.4) is 0 Å². The number of aromatic nitrogens is 1. The van der Waals surface area contributed by atoms with E-state index in [1.54, 1.807) is 30.3 Å². The second-order valence-corrected chi connectivity index (χ2v) is 8.53. The van der Waals surface area contributed by atoms with Crippen LogP contribution in [0.4, 0.5) is 14.9 Å². The molecule has 1 aliphatic rings. The highest BCUT2D eigenvalue weighted by Crippen LogP contribution is 2.53. The van der Waals surface area contributed by atoms with Gasteiger partial charge in [-0.3, -0.25) is 0 Å². The number of carbonyl (C=O) groups is 1. The van der Waals surface area contributed by atoms with Crippen molar-refractivity contribution in [3.05, 3.63) is 42.5 Å². The average Bonchev–Trinajstić information content (AvgIpc) is 3.40. The van der Waals surface area contributed by atoms with Crippen molar-refractivity contribution in [3.63, 3.8) is 0 Å². The molecule has 0 saturated heterocycles. The molecule has 4 N–H and O–H groups in total. The Morgan fingerprint density at radius 1 is 1.36 bits per heavy atom. The molecule has 28 heavy (non-hydrogen) atoms. The molecular formula is C21H26FN3O3. The van der Waals surface area contributed by atoms with Crippen LogP contribution in [0.25, 0.3) is 11.1 Å². The van der Waals surface area contributed by atoms with Crippen LogP contribution in [-0.4, -0.2) is 28.8 Å². The monoisotopic (exact) mass is 387 g/mol. The molecular weight excluding hydrogens is 361 g/mol. The molecule has 3 rings (SSSR count). The Morgan fingerprint density at radius 3 is 2.54 bits per heavy atom. The Hall–Kier alpha value is -2.83. The van der Waals surface area contributed by atoms with Crippen molar-refractivity contribution < 1.29 is 19.0 Å². The third-order valence-electron chi connectivity index (χ3n) is 5.20. The first kappa shape index (κ1) is 19.9. The van der Waals surface area contributed by atoms with Crippen LogP contribution in [0.5, 0.6) is 5.75 Å². The van der Waals surface area contributed by atoms with E-state index in [9.17, 15) is 14.3 Å². The summed E-state index contributed by atoms with van der Waals surface area (Å²) in [7, 11) is 0. The first-order valence-corrected chi connectivity index (χ1v) is 9.24. The van der Waals surface area contributed by atoms with Gasteiger partial charge in [0.05, 0.1) is 12.8 Å². The highest BCUT2D eigenvalue weighted by molar-refractivity contribution is 5.66. The topological polar surface area (TPSA) is 97.5 Å². The van der Waals surface area contributed by atoms with Gasteiger partial charge in [-0.2, -0.15) is 4.39 Å². The first-order chi connectivity index (χ1) is 13.1. The number of hydrogen-bond donors (Lipinski definition) is 3. The van der Waals surface area contributed by atoms with Gasteiger partial charge < -0.3 is 20.9 Å². The van der Waals surface area contributed by atoms with Gasteiger partial charge in [-0.05, 0) is 42.0 Å². The summed E-state index contributed by atoms with van der Waals surface area (Å²) in [5.74, 6) is -0.138. The smallest absolute Gasteiger partial charge is 0.404 e. The van der Waals surface area contributed by atoms with Crippen molar-refractivity contribution in [2.45, 2.75) is 39.7 Å². The van der Waals surface area contributed by atoms with Gasteiger partial charge >= 0.3 is 6.09 Å². The van der Waals surface area contributed by atoms with Gasteiger partial charge in [0.25, 0.3) is 0 Å². The number of anilines is 1. The molecule has 2 aromatic rings. The standard InChI is InChI=1S/C21H26FN3O3/c1-20(2,3)18(25-19(26)27)21(8-9-21)12-28-15-10-16(17(22)24-11-15)13-4-6-14(23)7-5-13/h4-7,10-11,18,25H,8-9,12,23H2,1-3H3,(H,26,27). The maximum absolute atomic E-state index is 14.2. The third-order valence-corrected chi connectivity index (χ3v) is 5.20. The highest BCUT2D eigenvalue weighted by atomic mass is 19.1. The van der Waals surface area contributed by atoms with Gasteiger partial charge in [0.15, 0.2) is 0 Å². The lowest BCUT2D eigenvalue weighted by atomic mass is 9.77. The largest absolute Gasteiger partial charge is 0.491 e. The van der Waals surface area contributed by atoms with E-state index in [1.807, 2.05) is 20.8 Å². The molecule has 1 aromatic heterocycles. The van der Waals surface area contributed by atoms with Gasteiger partial charge in [-0.25, -0.2) is 9.78 Å². The predicted molar refractivity (Wildman–Crippen MR) is 106 cm³/mol. The molecule has 0 spiro atoms. The zero-order chi connectivity index (χ0) is 20.5. The number of ether oxygens (including phenoxy) is 1. The Balaban J connectivity index is 1.78. The number of carboxylic acid groups (broad SMARTS) is 1. The summed E-state index contributed by atoms with van der Waals surface area (Å²) >= 11 is 0. The molecule has 0 radical (unpaired) electrons. The number of nitrogens with zero attached hydrogens (tertiary/aromatic N) is 1. The Bertz CT molecular complexity index is 858. The fraction of sp³-hybridized carbons (Fsp3) is 0.429. The Kier molecular flexibility index (Phi) is 5.19. The summed E-state index contributed by atoms with van der Waals surface area (Å²) in [5, 5.41) is 11.9. The molecule has 150 valence electrons. The van der Waals surface area contributed by atoms with Gasteiger partial charge in [-0.1, -0.05) is 32.9 Å². The molecule has 1 heterocycles. The Morgan fingerprint density at radius 2 is 2.00 bits per heavy atom. The number of hydrogen-bond acceptors (Lipinski definition) is 4. The molecule has 1 saturated carbocycles. The lowest BCUT2D eigenvalue weighted by molar-refractivity contribution is 0.110. The summed E-state index contributed by atoms with van der Waals surface area (Å²) in [4.78, 5) is 15.1. The molecule has 1 unspecified atom stereocenters. The number of nitrogen functional groups attached to an aromatic ring is 1. The van der Waals surface area contributed by atoms with E-state index in [-0.39, 0.29) is 16.9 Å². The number of amides is 1. The van der Waals surface area contributed by atoms with E-state index < -0.39 is 12.0 Å². The fourth-order valence-corrected chi connectivity index (χ4v) is 3.69. The molecule has 0 aliphatic heterocycles. The quantitative estimate of drug-likeness (QED) is 0.507. The van der Waals surface area contributed by atoms with Gasteiger partial charge in [0.1, 0.15) is 5.75 Å². The van der Waals surface area contributed by atoms with Crippen molar-refractivity contribution in [1.82, 2.24) is 10.3 Å². The van der Waals surface area contributed by atoms with E-state index in [2.05, 4.69) is 10.3 Å². The van der Waals surface area contributed by atoms with Crippen LogP contribution < -0.4 is 15.8 Å².